The molecule has 3 N–H and O–H groups in total. The predicted octanol–water partition coefficient (Wildman–Crippen LogP) is 0.555. The lowest BCUT2D eigenvalue weighted by Gasteiger charge is -2.25. The lowest BCUT2D eigenvalue weighted by Crippen LogP contribution is -2.55. The Morgan fingerprint density at radius 2 is 2.26 bits per heavy atom. The molecule has 1 heterocycles. The van der Waals surface area contributed by atoms with Crippen molar-refractivity contribution in [1.29, 1.82) is 0 Å². The molecule has 0 aliphatic heterocycles. The number of carbonyl (C=O) groups is 2. The number of nitrogens with zero attached hydrogens (tertiary/aromatic N) is 2. The van der Waals surface area contributed by atoms with Crippen molar-refractivity contribution in [2.24, 2.45) is 0 Å². The van der Waals surface area contributed by atoms with Crippen LogP contribution in [0.4, 0.5) is 4.79 Å². The highest BCUT2D eigenvalue weighted by Crippen LogP contribution is 2.12. The van der Waals surface area contributed by atoms with Gasteiger partial charge in [0.2, 0.25) is 6.39 Å². The number of hydrogen-bond acceptors (Lipinski definition) is 5. The summed E-state index contributed by atoms with van der Waals surface area (Å²) in [6.45, 7) is 3.64. The van der Waals surface area contributed by atoms with Crippen molar-refractivity contribution in [2.75, 3.05) is 6.54 Å². The Hall–Kier alpha value is -2.12. The fourth-order valence-corrected chi connectivity index (χ4v) is 1.61. The Morgan fingerprint density at radius 3 is 2.79 bits per heavy atom. The van der Waals surface area contributed by atoms with Gasteiger partial charge in [-0.25, -0.2) is 9.59 Å². The third-order valence-electron chi connectivity index (χ3n) is 2.65. The quantitative estimate of drug-likeness (QED) is 0.666. The van der Waals surface area contributed by atoms with E-state index >= 15 is 0 Å². The van der Waals surface area contributed by atoms with E-state index in [1.807, 2.05) is 6.92 Å². The summed E-state index contributed by atoms with van der Waals surface area (Å²) in [6.07, 6.45) is 2.65. The molecular weight excluding hydrogens is 252 g/mol. The molecule has 8 heteroatoms. The standard InChI is InChI=1S/C11H18N4O4/c1-3-5-11(2,9(16)17)14-10(18)12-6-4-8-13-7-19-15-8/h7H,3-6H2,1-2H3,(H,16,17)(H2,12,14,18). The third-order valence-corrected chi connectivity index (χ3v) is 2.65. The highest BCUT2D eigenvalue weighted by molar-refractivity contribution is 5.85. The SMILES string of the molecule is CCCC(C)(NC(=O)NCCc1ncon1)C(=O)O. The van der Waals surface area contributed by atoms with Crippen LogP contribution in [0.5, 0.6) is 0 Å². The monoisotopic (exact) mass is 270 g/mol. The molecule has 2 amide bonds. The van der Waals surface area contributed by atoms with E-state index < -0.39 is 17.5 Å². The van der Waals surface area contributed by atoms with Gasteiger partial charge in [0.25, 0.3) is 0 Å². The van der Waals surface area contributed by atoms with Gasteiger partial charge in [0.1, 0.15) is 5.54 Å². The molecule has 1 aromatic heterocycles. The summed E-state index contributed by atoms with van der Waals surface area (Å²) in [6, 6.07) is -0.526. The van der Waals surface area contributed by atoms with E-state index in [9.17, 15) is 9.59 Å². The van der Waals surface area contributed by atoms with E-state index in [0.717, 1.165) is 0 Å². The molecule has 0 fully saturated rings. The van der Waals surface area contributed by atoms with Gasteiger partial charge in [-0.05, 0) is 13.3 Å². The number of urea groups is 1. The van der Waals surface area contributed by atoms with Gasteiger partial charge < -0.3 is 20.3 Å². The number of carboxylic acids is 1. The maximum Gasteiger partial charge on any atom is 0.329 e. The van der Waals surface area contributed by atoms with Gasteiger partial charge in [0.05, 0.1) is 0 Å². The number of hydrogen-bond donors (Lipinski definition) is 3. The lowest BCUT2D eigenvalue weighted by molar-refractivity contribution is -0.144. The minimum absolute atomic E-state index is 0.299. The first-order valence-electron chi connectivity index (χ1n) is 6.02. The Labute approximate surface area is 110 Å². The van der Waals surface area contributed by atoms with Crippen molar-refractivity contribution >= 4 is 12.0 Å². The minimum atomic E-state index is -1.26. The van der Waals surface area contributed by atoms with Gasteiger partial charge in [-0.2, -0.15) is 4.98 Å². The number of amides is 2. The fraction of sp³-hybridized carbons (Fsp3) is 0.636. The normalized spacial score (nSPS) is 13.6. The van der Waals surface area contributed by atoms with Gasteiger partial charge in [0, 0.05) is 13.0 Å². The number of aliphatic carboxylic acids is 1. The largest absolute Gasteiger partial charge is 0.480 e. The molecule has 1 unspecified atom stereocenters. The van der Waals surface area contributed by atoms with E-state index in [0.29, 0.717) is 31.6 Å². The second kappa shape index (κ2) is 6.72. The first kappa shape index (κ1) is 14.9. The molecule has 0 radical (unpaired) electrons. The van der Waals surface area contributed by atoms with Crippen LogP contribution in [0.15, 0.2) is 10.9 Å². The Balaban J connectivity index is 2.38. The van der Waals surface area contributed by atoms with Gasteiger partial charge in [-0.3, -0.25) is 0 Å². The Morgan fingerprint density at radius 1 is 1.53 bits per heavy atom. The van der Waals surface area contributed by atoms with E-state index in [-0.39, 0.29) is 0 Å². The van der Waals surface area contributed by atoms with E-state index in [4.69, 9.17) is 5.11 Å². The van der Waals surface area contributed by atoms with Gasteiger partial charge in [-0.15, -0.1) is 0 Å². The van der Waals surface area contributed by atoms with Crippen LogP contribution in [-0.2, 0) is 11.2 Å². The zero-order valence-electron chi connectivity index (χ0n) is 11.0. The number of aromatic nitrogens is 2. The van der Waals surface area contributed by atoms with Crippen molar-refractivity contribution in [3.63, 3.8) is 0 Å². The molecule has 1 aromatic rings. The molecular formula is C11H18N4O4. The topological polar surface area (TPSA) is 117 Å². The second-order valence-corrected chi connectivity index (χ2v) is 4.37. The first-order chi connectivity index (χ1) is 8.98. The molecule has 0 saturated heterocycles. The molecule has 0 aliphatic carbocycles. The summed E-state index contributed by atoms with van der Waals surface area (Å²) in [5.74, 6) is -0.572. The lowest BCUT2D eigenvalue weighted by atomic mass is 9.97. The fourth-order valence-electron chi connectivity index (χ4n) is 1.61. The van der Waals surface area contributed by atoms with Crippen molar-refractivity contribution in [1.82, 2.24) is 20.8 Å². The van der Waals surface area contributed by atoms with Gasteiger partial charge >= 0.3 is 12.0 Å². The average molecular weight is 270 g/mol. The molecule has 106 valence electrons. The first-order valence-corrected chi connectivity index (χ1v) is 6.02. The zero-order valence-corrected chi connectivity index (χ0v) is 11.0. The molecule has 0 bridgehead atoms. The van der Waals surface area contributed by atoms with Crippen LogP contribution in [0.25, 0.3) is 0 Å². The molecule has 0 aliphatic rings. The summed E-state index contributed by atoms with van der Waals surface area (Å²) in [7, 11) is 0. The predicted molar refractivity (Wildman–Crippen MR) is 65.5 cm³/mol. The maximum atomic E-state index is 11.6. The maximum absolute atomic E-state index is 11.6. The molecule has 19 heavy (non-hydrogen) atoms. The van der Waals surface area contributed by atoms with E-state index in [2.05, 4.69) is 25.3 Å². The van der Waals surface area contributed by atoms with Crippen molar-refractivity contribution < 1.29 is 19.2 Å². The van der Waals surface area contributed by atoms with Crippen molar-refractivity contribution in [3.8, 4) is 0 Å². The third kappa shape index (κ3) is 4.57. The summed E-state index contributed by atoms with van der Waals surface area (Å²) >= 11 is 0. The van der Waals surface area contributed by atoms with Crippen LogP contribution in [0, 0.1) is 0 Å². The number of carbonyl (C=O) groups excluding carboxylic acids is 1. The van der Waals surface area contributed by atoms with Crippen LogP contribution in [0.1, 0.15) is 32.5 Å². The second-order valence-electron chi connectivity index (χ2n) is 4.37. The Bertz CT molecular complexity index is 420. The van der Waals surface area contributed by atoms with Crippen LogP contribution >= 0.6 is 0 Å². The summed E-state index contributed by atoms with van der Waals surface area (Å²) in [4.78, 5) is 26.6. The van der Waals surface area contributed by atoms with Gasteiger partial charge in [0.15, 0.2) is 5.82 Å². The van der Waals surface area contributed by atoms with Crippen molar-refractivity contribution in [3.05, 3.63) is 12.2 Å². The van der Waals surface area contributed by atoms with Crippen molar-refractivity contribution in [2.45, 2.75) is 38.6 Å². The molecule has 0 aromatic carbocycles. The molecule has 8 nitrogen and oxygen atoms in total. The zero-order chi connectivity index (χ0) is 14.3. The summed E-state index contributed by atoms with van der Waals surface area (Å²) in [5, 5.41) is 17.7. The Kier molecular flexibility index (Phi) is 5.28. The molecule has 1 atom stereocenters. The summed E-state index contributed by atoms with van der Waals surface area (Å²) in [5.41, 5.74) is -1.26. The average Bonchev–Trinajstić information content (AvgIpc) is 2.82. The smallest absolute Gasteiger partial charge is 0.329 e. The highest BCUT2D eigenvalue weighted by atomic mass is 16.5. The van der Waals surface area contributed by atoms with Gasteiger partial charge in [-0.1, -0.05) is 18.5 Å². The summed E-state index contributed by atoms with van der Waals surface area (Å²) < 4.78 is 4.55. The molecule has 0 saturated carbocycles. The van der Waals surface area contributed by atoms with E-state index in [1.165, 1.54) is 13.3 Å². The number of nitrogens with one attached hydrogen (secondary N) is 2. The molecule has 1 rings (SSSR count). The van der Waals surface area contributed by atoms with Crippen LogP contribution < -0.4 is 10.6 Å². The molecule has 0 spiro atoms. The number of carboxylic acid groups (broad SMARTS) is 1. The van der Waals surface area contributed by atoms with Crippen LogP contribution in [-0.4, -0.2) is 39.3 Å². The highest BCUT2D eigenvalue weighted by Gasteiger charge is 2.33. The van der Waals surface area contributed by atoms with E-state index in [1.54, 1.807) is 0 Å². The number of rotatable bonds is 7. The van der Waals surface area contributed by atoms with Crippen LogP contribution in [0.2, 0.25) is 0 Å². The van der Waals surface area contributed by atoms with Crippen LogP contribution in [0.3, 0.4) is 0 Å². The minimum Gasteiger partial charge on any atom is -0.480 e.